The van der Waals surface area contributed by atoms with Crippen molar-refractivity contribution in [1.82, 2.24) is 24.4 Å². The molecule has 0 aliphatic carbocycles. The molecule has 3 N–H and O–H groups in total. The smallest absolute Gasteiger partial charge is 0.280 e. The molecule has 0 amide bonds. The molecule has 2 heterocycles. The van der Waals surface area contributed by atoms with Gasteiger partial charge >= 0.3 is 0 Å². The first-order chi connectivity index (χ1) is 10.5. The number of nitrogens with zero attached hydrogens (tertiary/aromatic N) is 5. The Morgan fingerprint density at radius 1 is 1.50 bits per heavy atom. The highest BCUT2D eigenvalue weighted by Crippen LogP contribution is 2.10. The van der Waals surface area contributed by atoms with Crippen LogP contribution in [0.5, 0.6) is 0 Å². The van der Waals surface area contributed by atoms with Gasteiger partial charge in [0.25, 0.3) is 5.56 Å². The van der Waals surface area contributed by atoms with Crippen LogP contribution in [0.2, 0.25) is 0 Å². The molecule has 0 atom stereocenters. The summed E-state index contributed by atoms with van der Waals surface area (Å²) in [6.07, 6.45) is 2.21. The second-order valence-electron chi connectivity index (χ2n) is 4.77. The fourth-order valence-electron chi connectivity index (χ4n) is 1.62. The zero-order chi connectivity index (χ0) is 16.1. The summed E-state index contributed by atoms with van der Waals surface area (Å²) >= 11 is 0. The topological polar surface area (TPSA) is 129 Å². The highest BCUT2D eigenvalue weighted by Gasteiger charge is 2.12. The average Bonchev–Trinajstić information content (AvgIpc) is 2.90. The third-order valence-electron chi connectivity index (χ3n) is 2.73. The van der Waals surface area contributed by atoms with Gasteiger partial charge in [-0.2, -0.15) is 4.98 Å². The summed E-state index contributed by atoms with van der Waals surface area (Å²) in [7, 11) is 3.59. The first-order valence-corrected chi connectivity index (χ1v) is 6.54. The van der Waals surface area contributed by atoms with Crippen LogP contribution in [0.4, 0.5) is 5.95 Å². The van der Waals surface area contributed by atoms with Crippen molar-refractivity contribution >= 4 is 23.5 Å². The molecular formula is C12H18N6O4. The molecule has 10 heteroatoms. The lowest BCUT2D eigenvalue weighted by atomic mass is 10.4. The summed E-state index contributed by atoms with van der Waals surface area (Å²) in [6.45, 7) is -0.624. The number of hydrogen-bond acceptors (Lipinski definition) is 7. The number of ether oxygens (including phenoxy) is 1. The highest BCUT2D eigenvalue weighted by molar-refractivity contribution is 5.71. The molecule has 2 aromatic heterocycles. The minimum absolute atomic E-state index is 0.00439. The van der Waals surface area contributed by atoms with Crippen LogP contribution in [-0.4, -0.2) is 74.4 Å². The van der Waals surface area contributed by atoms with E-state index in [4.69, 9.17) is 14.9 Å². The van der Waals surface area contributed by atoms with E-state index in [1.807, 2.05) is 0 Å². The maximum atomic E-state index is 11.9. The molecule has 120 valence electrons. The lowest BCUT2D eigenvalue weighted by Gasteiger charge is -2.12. The number of hydrogen-bond donors (Lipinski definition) is 3. The third-order valence-corrected chi connectivity index (χ3v) is 2.73. The van der Waals surface area contributed by atoms with E-state index in [-0.39, 0.29) is 31.4 Å². The van der Waals surface area contributed by atoms with Gasteiger partial charge in [-0.25, -0.2) is 9.98 Å². The fourth-order valence-corrected chi connectivity index (χ4v) is 1.62. The van der Waals surface area contributed by atoms with E-state index in [0.29, 0.717) is 5.65 Å². The molecule has 0 bridgehead atoms. The first kappa shape index (κ1) is 16.1. The molecule has 22 heavy (non-hydrogen) atoms. The minimum Gasteiger partial charge on any atom is -0.394 e. The van der Waals surface area contributed by atoms with Crippen molar-refractivity contribution in [2.45, 2.75) is 12.8 Å². The standard InChI is InChI=1S/C12H18N6O4/c1-17(2)5-14-12-15-10-9(11(21)16-12)13-6-18(10)7-22-8(3-19)4-20/h5-6,8,19-20H,3-4,7H2,1-2H3,(H,15,16,21). The number of aromatic nitrogens is 4. The van der Waals surface area contributed by atoms with Gasteiger partial charge in [0.2, 0.25) is 5.95 Å². The van der Waals surface area contributed by atoms with Crippen LogP contribution in [0, 0.1) is 0 Å². The monoisotopic (exact) mass is 310 g/mol. The van der Waals surface area contributed by atoms with Crippen molar-refractivity contribution in [3.8, 4) is 0 Å². The number of imidazole rings is 1. The SMILES string of the molecule is CN(C)C=Nc1nc2c(ncn2COC(CO)CO)c(=O)[nH]1. The predicted molar refractivity (Wildman–Crippen MR) is 79.0 cm³/mol. The van der Waals surface area contributed by atoms with E-state index in [9.17, 15) is 4.79 Å². The average molecular weight is 310 g/mol. The van der Waals surface area contributed by atoms with Crippen molar-refractivity contribution in [2.24, 2.45) is 4.99 Å². The van der Waals surface area contributed by atoms with E-state index < -0.39 is 11.7 Å². The Morgan fingerprint density at radius 3 is 2.86 bits per heavy atom. The van der Waals surface area contributed by atoms with Gasteiger partial charge in [-0.3, -0.25) is 14.3 Å². The summed E-state index contributed by atoms with van der Waals surface area (Å²) in [6, 6.07) is 0. The molecular weight excluding hydrogens is 292 g/mol. The van der Waals surface area contributed by atoms with Crippen molar-refractivity contribution in [2.75, 3.05) is 27.3 Å². The summed E-state index contributed by atoms with van der Waals surface area (Å²) in [5.41, 5.74) is 0.0664. The van der Waals surface area contributed by atoms with Gasteiger partial charge in [0.1, 0.15) is 12.8 Å². The molecule has 2 rings (SSSR count). The Labute approximate surface area is 125 Å². The van der Waals surface area contributed by atoms with Gasteiger partial charge < -0.3 is 19.8 Å². The molecule has 10 nitrogen and oxygen atoms in total. The molecule has 0 aromatic carbocycles. The zero-order valence-electron chi connectivity index (χ0n) is 12.3. The van der Waals surface area contributed by atoms with Crippen LogP contribution in [-0.2, 0) is 11.5 Å². The second kappa shape index (κ2) is 7.11. The first-order valence-electron chi connectivity index (χ1n) is 6.54. The Balaban J connectivity index is 2.30. The summed E-state index contributed by atoms with van der Waals surface area (Å²) in [4.78, 5) is 28.4. The predicted octanol–water partition coefficient (Wildman–Crippen LogP) is -1.33. The lowest BCUT2D eigenvalue weighted by Crippen LogP contribution is -2.23. The molecule has 2 aromatic rings. The van der Waals surface area contributed by atoms with E-state index in [2.05, 4.69) is 19.9 Å². The number of H-pyrrole nitrogens is 1. The molecule has 0 aliphatic rings. The van der Waals surface area contributed by atoms with E-state index in [1.54, 1.807) is 19.0 Å². The quantitative estimate of drug-likeness (QED) is 0.427. The second-order valence-corrected chi connectivity index (χ2v) is 4.77. The maximum Gasteiger partial charge on any atom is 0.280 e. The molecule has 0 unspecified atom stereocenters. The van der Waals surface area contributed by atoms with Crippen molar-refractivity contribution in [3.63, 3.8) is 0 Å². The number of fused-ring (bicyclic) bond motifs is 1. The number of aliphatic imine (C=N–C) groups is 1. The summed E-state index contributed by atoms with van der Waals surface area (Å²) in [5.74, 6) is 0.147. The van der Waals surface area contributed by atoms with Gasteiger partial charge in [-0.15, -0.1) is 0 Å². The van der Waals surface area contributed by atoms with E-state index in [0.717, 1.165) is 0 Å². The van der Waals surface area contributed by atoms with Crippen LogP contribution in [0.3, 0.4) is 0 Å². The van der Waals surface area contributed by atoms with Gasteiger partial charge in [0.15, 0.2) is 11.2 Å². The maximum absolute atomic E-state index is 11.9. The van der Waals surface area contributed by atoms with Crippen LogP contribution in [0.15, 0.2) is 16.1 Å². The Bertz CT molecular complexity index is 703. The largest absolute Gasteiger partial charge is 0.394 e. The van der Waals surface area contributed by atoms with Crippen LogP contribution in [0.25, 0.3) is 11.2 Å². The van der Waals surface area contributed by atoms with Crippen molar-refractivity contribution in [1.29, 1.82) is 0 Å². The number of aromatic amines is 1. The highest BCUT2D eigenvalue weighted by atomic mass is 16.5. The zero-order valence-corrected chi connectivity index (χ0v) is 12.3. The summed E-state index contributed by atoms with van der Waals surface area (Å²) in [5, 5.41) is 17.9. The van der Waals surface area contributed by atoms with Crippen molar-refractivity contribution in [3.05, 3.63) is 16.7 Å². The Morgan fingerprint density at radius 2 is 2.23 bits per heavy atom. The van der Waals surface area contributed by atoms with E-state index >= 15 is 0 Å². The van der Waals surface area contributed by atoms with Gasteiger partial charge in [-0.1, -0.05) is 0 Å². The Kier molecular flexibility index (Phi) is 5.20. The number of rotatable bonds is 7. The van der Waals surface area contributed by atoms with Crippen LogP contribution in [0.1, 0.15) is 0 Å². The number of aliphatic hydroxyl groups excluding tert-OH is 2. The number of nitrogens with one attached hydrogen (secondary N) is 1. The molecule has 0 saturated heterocycles. The van der Waals surface area contributed by atoms with Gasteiger partial charge in [0.05, 0.1) is 25.9 Å². The molecule has 0 spiro atoms. The van der Waals surface area contributed by atoms with Crippen LogP contribution >= 0.6 is 0 Å². The van der Waals surface area contributed by atoms with Crippen molar-refractivity contribution < 1.29 is 14.9 Å². The van der Waals surface area contributed by atoms with Gasteiger partial charge in [0, 0.05) is 14.1 Å². The molecule has 0 fully saturated rings. The molecule has 0 saturated carbocycles. The Hall–Kier alpha value is -2.30. The lowest BCUT2D eigenvalue weighted by molar-refractivity contribution is -0.0488. The fraction of sp³-hybridized carbons (Fsp3) is 0.500. The van der Waals surface area contributed by atoms with Gasteiger partial charge in [-0.05, 0) is 0 Å². The molecule has 0 aliphatic heterocycles. The normalized spacial score (nSPS) is 11.9. The van der Waals surface area contributed by atoms with Crippen LogP contribution < -0.4 is 5.56 Å². The third kappa shape index (κ3) is 3.67. The minimum atomic E-state index is -0.703. The molecule has 0 radical (unpaired) electrons. The summed E-state index contributed by atoms with van der Waals surface area (Å²) < 4.78 is 6.79. The van der Waals surface area contributed by atoms with E-state index in [1.165, 1.54) is 17.2 Å². The number of aliphatic hydroxyl groups is 2.